The van der Waals surface area contributed by atoms with Gasteiger partial charge < -0.3 is 5.32 Å². The lowest BCUT2D eigenvalue weighted by Crippen LogP contribution is -2.38. The first-order chi connectivity index (χ1) is 11.0. The van der Waals surface area contributed by atoms with Gasteiger partial charge in [0.05, 0.1) is 11.1 Å². The third-order valence-electron chi connectivity index (χ3n) is 4.47. The number of hydrogen-bond acceptors (Lipinski definition) is 1. The molecule has 1 aliphatic rings. The molecule has 0 radical (unpaired) electrons. The molecular weight excluding hydrogens is 381 g/mol. The van der Waals surface area contributed by atoms with Crippen molar-refractivity contribution >= 4 is 39.1 Å². The monoisotopic (exact) mass is 395 g/mol. The van der Waals surface area contributed by atoms with Crippen LogP contribution in [0.1, 0.15) is 31.2 Å². The van der Waals surface area contributed by atoms with E-state index in [2.05, 4.69) is 21.2 Å². The third kappa shape index (κ3) is 3.29. The molecule has 0 aliphatic heterocycles. The first-order valence-corrected chi connectivity index (χ1v) is 8.71. The minimum atomic E-state index is -0.590. The van der Waals surface area contributed by atoms with Crippen LogP contribution in [0.2, 0.25) is 5.02 Å². The zero-order valence-corrected chi connectivity index (χ0v) is 14.8. The molecule has 2 aromatic carbocycles. The standard InChI is InChI=1S/C18H16BrClFNO/c19-13-5-3-12(4-6-13)18(9-1-2-10-18)17(23)22-16-8-7-14(20)11-15(16)21/h3-8,11H,1-2,9-10H2,(H,22,23). The van der Waals surface area contributed by atoms with Gasteiger partial charge in [-0.1, -0.05) is 52.5 Å². The van der Waals surface area contributed by atoms with Crippen molar-refractivity contribution in [1.29, 1.82) is 0 Å². The molecule has 0 spiro atoms. The fraction of sp³-hybridized carbons (Fsp3) is 0.278. The van der Waals surface area contributed by atoms with Gasteiger partial charge in [-0.15, -0.1) is 0 Å². The van der Waals surface area contributed by atoms with Gasteiger partial charge in [-0.2, -0.15) is 0 Å². The molecule has 1 fully saturated rings. The van der Waals surface area contributed by atoms with Gasteiger partial charge in [-0.25, -0.2) is 4.39 Å². The van der Waals surface area contributed by atoms with E-state index in [1.54, 1.807) is 6.07 Å². The molecule has 0 saturated heterocycles. The van der Waals surface area contributed by atoms with Crippen LogP contribution in [0.25, 0.3) is 0 Å². The van der Waals surface area contributed by atoms with Crippen molar-refractivity contribution in [3.63, 3.8) is 0 Å². The topological polar surface area (TPSA) is 29.1 Å². The normalized spacial score (nSPS) is 16.3. The van der Waals surface area contributed by atoms with Crippen LogP contribution in [-0.4, -0.2) is 5.91 Å². The second-order valence-corrected chi connectivity index (χ2v) is 7.23. The minimum Gasteiger partial charge on any atom is -0.323 e. The molecular formula is C18H16BrClFNO. The molecule has 0 aromatic heterocycles. The fourth-order valence-corrected chi connectivity index (χ4v) is 3.65. The number of carbonyl (C=O) groups is 1. The van der Waals surface area contributed by atoms with E-state index in [1.165, 1.54) is 12.1 Å². The summed E-state index contributed by atoms with van der Waals surface area (Å²) in [6.07, 6.45) is 3.53. The number of hydrogen-bond donors (Lipinski definition) is 1. The molecule has 1 N–H and O–H groups in total. The highest BCUT2D eigenvalue weighted by atomic mass is 79.9. The van der Waals surface area contributed by atoms with Crippen LogP contribution in [0.3, 0.4) is 0 Å². The van der Waals surface area contributed by atoms with Gasteiger partial charge >= 0.3 is 0 Å². The average Bonchev–Trinajstić information content (AvgIpc) is 3.01. The van der Waals surface area contributed by atoms with Crippen LogP contribution in [0, 0.1) is 5.82 Å². The highest BCUT2D eigenvalue weighted by Crippen LogP contribution is 2.42. The molecule has 120 valence electrons. The van der Waals surface area contributed by atoms with Crippen molar-refractivity contribution < 1.29 is 9.18 Å². The number of halogens is 3. The maximum atomic E-state index is 14.0. The second-order valence-electron chi connectivity index (χ2n) is 5.87. The molecule has 1 aliphatic carbocycles. The van der Waals surface area contributed by atoms with E-state index in [9.17, 15) is 9.18 Å². The molecule has 0 bridgehead atoms. The summed E-state index contributed by atoms with van der Waals surface area (Å²) in [5, 5.41) is 3.06. The maximum absolute atomic E-state index is 14.0. The van der Waals surface area contributed by atoms with Crippen LogP contribution in [0.5, 0.6) is 0 Å². The summed E-state index contributed by atoms with van der Waals surface area (Å²) in [7, 11) is 0. The van der Waals surface area contributed by atoms with E-state index in [4.69, 9.17) is 11.6 Å². The molecule has 0 unspecified atom stereocenters. The Morgan fingerprint density at radius 3 is 2.39 bits per heavy atom. The van der Waals surface area contributed by atoms with Crippen molar-refractivity contribution in [2.24, 2.45) is 0 Å². The van der Waals surface area contributed by atoms with E-state index in [0.717, 1.165) is 35.7 Å². The predicted octanol–water partition coefficient (Wildman–Crippen LogP) is 5.69. The zero-order valence-electron chi connectivity index (χ0n) is 12.4. The summed E-state index contributed by atoms with van der Waals surface area (Å²) in [5.41, 5.74) is 0.556. The van der Waals surface area contributed by atoms with Gasteiger partial charge in [-0.3, -0.25) is 4.79 Å². The molecule has 2 nitrogen and oxygen atoms in total. The van der Waals surface area contributed by atoms with Gasteiger partial charge in [0.25, 0.3) is 0 Å². The van der Waals surface area contributed by atoms with Gasteiger partial charge in [0.1, 0.15) is 5.82 Å². The summed E-state index contributed by atoms with van der Waals surface area (Å²) in [4.78, 5) is 12.9. The second kappa shape index (κ2) is 6.62. The molecule has 5 heteroatoms. The van der Waals surface area contributed by atoms with Crippen LogP contribution in [0.4, 0.5) is 10.1 Å². The van der Waals surface area contributed by atoms with Crippen molar-refractivity contribution in [3.8, 4) is 0 Å². The Hall–Kier alpha value is -1.39. The minimum absolute atomic E-state index is 0.154. The Morgan fingerprint density at radius 1 is 1.13 bits per heavy atom. The van der Waals surface area contributed by atoms with Crippen LogP contribution >= 0.6 is 27.5 Å². The zero-order chi connectivity index (χ0) is 16.4. The van der Waals surface area contributed by atoms with Gasteiger partial charge in [0, 0.05) is 9.50 Å². The van der Waals surface area contributed by atoms with Gasteiger partial charge in [0.15, 0.2) is 0 Å². The number of carbonyl (C=O) groups excluding carboxylic acids is 1. The highest BCUT2D eigenvalue weighted by molar-refractivity contribution is 9.10. The van der Waals surface area contributed by atoms with Crippen LogP contribution in [0.15, 0.2) is 46.9 Å². The number of anilines is 1. The Balaban J connectivity index is 1.91. The van der Waals surface area contributed by atoms with Crippen molar-refractivity contribution in [3.05, 3.63) is 63.3 Å². The SMILES string of the molecule is O=C(Nc1ccc(Cl)cc1F)C1(c2ccc(Br)cc2)CCCC1. The summed E-state index contributed by atoms with van der Waals surface area (Å²) in [6.45, 7) is 0. The fourth-order valence-electron chi connectivity index (χ4n) is 3.23. The maximum Gasteiger partial charge on any atom is 0.235 e. The lowest BCUT2D eigenvalue weighted by atomic mass is 9.78. The Kier molecular flexibility index (Phi) is 4.74. The third-order valence-corrected chi connectivity index (χ3v) is 5.23. The van der Waals surface area contributed by atoms with Crippen LogP contribution in [-0.2, 0) is 10.2 Å². The molecule has 3 rings (SSSR count). The van der Waals surface area contributed by atoms with Crippen molar-refractivity contribution in [2.45, 2.75) is 31.1 Å². The summed E-state index contributed by atoms with van der Waals surface area (Å²) >= 11 is 9.18. The van der Waals surface area contributed by atoms with E-state index in [-0.39, 0.29) is 11.6 Å². The number of nitrogens with one attached hydrogen (secondary N) is 1. The first-order valence-electron chi connectivity index (χ1n) is 7.54. The lowest BCUT2D eigenvalue weighted by molar-refractivity contribution is -0.121. The average molecular weight is 397 g/mol. The lowest BCUT2D eigenvalue weighted by Gasteiger charge is -2.28. The Labute approximate surface area is 148 Å². The molecule has 1 amide bonds. The van der Waals surface area contributed by atoms with Gasteiger partial charge in [0.2, 0.25) is 5.91 Å². The Bertz CT molecular complexity index is 726. The number of rotatable bonds is 3. The van der Waals surface area contributed by atoms with E-state index >= 15 is 0 Å². The smallest absolute Gasteiger partial charge is 0.235 e. The largest absolute Gasteiger partial charge is 0.323 e. The predicted molar refractivity (Wildman–Crippen MR) is 94.3 cm³/mol. The molecule has 2 aromatic rings. The number of amides is 1. The van der Waals surface area contributed by atoms with E-state index in [0.29, 0.717) is 5.02 Å². The van der Waals surface area contributed by atoms with Crippen molar-refractivity contribution in [2.75, 3.05) is 5.32 Å². The summed E-state index contributed by atoms with van der Waals surface area (Å²) in [6, 6.07) is 12.1. The molecule has 1 saturated carbocycles. The van der Waals surface area contributed by atoms with Crippen molar-refractivity contribution in [1.82, 2.24) is 0 Å². The number of benzene rings is 2. The van der Waals surface area contributed by atoms with E-state index < -0.39 is 11.2 Å². The Morgan fingerprint density at radius 2 is 1.78 bits per heavy atom. The highest BCUT2D eigenvalue weighted by Gasteiger charge is 2.42. The van der Waals surface area contributed by atoms with Gasteiger partial charge in [-0.05, 0) is 48.7 Å². The molecule has 0 atom stereocenters. The summed E-state index contributed by atoms with van der Waals surface area (Å²) in [5.74, 6) is -0.673. The molecule has 0 heterocycles. The van der Waals surface area contributed by atoms with E-state index in [1.807, 2.05) is 24.3 Å². The van der Waals surface area contributed by atoms with Crippen LogP contribution < -0.4 is 5.32 Å². The first kappa shape index (κ1) is 16.5. The summed E-state index contributed by atoms with van der Waals surface area (Å²) < 4.78 is 14.9. The molecule has 23 heavy (non-hydrogen) atoms. The quantitative estimate of drug-likeness (QED) is 0.709.